The van der Waals surface area contributed by atoms with E-state index in [0.29, 0.717) is 11.8 Å². The average molecular weight is 277 g/mol. The van der Waals surface area contributed by atoms with Crippen LogP contribution in [0.3, 0.4) is 0 Å². The fourth-order valence-electron chi connectivity index (χ4n) is 2.12. The lowest BCUT2D eigenvalue weighted by Gasteiger charge is -2.15. The summed E-state index contributed by atoms with van der Waals surface area (Å²) in [7, 11) is 0. The van der Waals surface area contributed by atoms with Crippen LogP contribution in [0.4, 0.5) is 0 Å². The molecule has 0 radical (unpaired) electrons. The average Bonchev–Trinajstić information content (AvgIpc) is 2.46. The molecule has 0 aliphatic rings. The van der Waals surface area contributed by atoms with E-state index < -0.39 is 0 Å². The van der Waals surface area contributed by atoms with E-state index in [2.05, 4.69) is 33.0 Å². The highest BCUT2D eigenvalue weighted by Gasteiger charge is 2.10. The second kappa shape index (κ2) is 8.62. The molecule has 0 heterocycles. The zero-order chi connectivity index (χ0) is 15.0. The Hall–Kier alpha value is -1.51. The number of para-hydroxylation sites is 1. The molecule has 0 bridgehead atoms. The van der Waals surface area contributed by atoms with Gasteiger partial charge in [-0.05, 0) is 23.5 Å². The lowest BCUT2D eigenvalue weighted by molar-refractivity contribution is -0.123. The Morgan fingerprint density at radius 3 is 2.45 bits per heavy atom. The molecule has 20 heavy (non-hydrogen) atoms. The smallest absolute Gasteiger partial charge is 0.257 e. The van der Waals surface area contributed by atoms with Gasteiger partial charge in [-0.3, -0.25) is 4.79 Å². The molecule has 0 aliphatic heterocycles. The van der Waals surface area contributed by atoms with Crippen LogP contribution in [0.25, 0.3) is 0 Å². The molecule has 0 atom stereocenters. The third kappa shape index (κ3) is 5.24. The molecule has 3 nitrogen and oxygen atoms in total. The van der Waals surface area contributed by atoms with Gasteiger partial charge in [0, 0.05) is 6.54 Å². The predicted molar refractivity (Wildman–Crippen MR) is 83.1 cm³/mol. The topological polar surface area (TPSA) is 38.3 Å². The van der Waals surface area contributed by atoms with Gasteiger partial charge in [-0.15, -0.1) is 0 Å². The zero-order valence-electron chi connectivity index (χ0n) is 13.1. The van der Waals surface area contributed by atoms with Crippen molar-refractivity contribution in [1.29, 1.82) is 0 Å². The second-order valence-electron chi connectivity index (χ2n) is 5.47. The highest BCUT2D eigenvalue weighted by molar-refractivity contribution is 5.77. The summed E-state index contributed by atoms with van der Waals surface area (Å²) < 4.78 is 5.65. The van der Waals surface area contributed by atoms with Crippen LogP contribution in [0.1, 0.15) is 52.0 Å². The maximum Gasteiger partial charge on any atom is 0.257 e. The van der Waals surface area contributed by atoms with Crippen molar-refractivity contribution >= 4 is 5.91 Å². The first-order chi connectivity index (χ1) is 9.58. The van der Waals surface area contributed by atoms with Gasteiger partial charge in [-0.25, -0.2) is 0 Å². The SMILES string of the molecule is CCC(CC)CNC(=O)COc1ccccc1C(C)C. The largest absolute Gasteiger partial charge is 0.483 e. The van der Waals surface area contributed by atoms with Gasteiger partial charge in [-0.1, -0.05) is 58.7 Å². The zero-order valence-corrected chi connectivity index (χ0v) is 13.1. The van der Waals surface area contributed by atoms with Crippen LogP contribution in [0.5, 0.6) is 5.75 Å². The maximum atomic E-state index is 11.8. The number of nitrogens with one attached hydrogen (secondary N) is 1. The minimum Gasteiger partial charge on any atom is -0.483 e. The summed E-state index contributed by atoms with van der Waals surface area (Å²) >= 11 is 0. The van der Waals surface area contributed by atoms with Gasteiger partial charge >= 0.3 is 0 Å². The van der Waals surface area contributed by atoms with Crippen molar-refractivity contribution in [3.05, 3.63) is 29.8 Å². The Kier molecular flexibility index (Phi) is 7.13. The van der Waals surface area contributed by atoms with Crippen molar-refractivity contribution in [2.24, 2.45) is 5.92 Å². The number of benzene rings is 1. The van der Waals surface area contributed by atoms with Crippen LogP contribution in [0, 0.1) is 5.92 Å². The summed E-state index contributed by atoms with van der Waals surface area (Å²) in [5.74, 6) is 1.70. The number of carbonyl (C=O) groups excluding carboxylic acids is 1. The van der Waals surface area contributed by atoms with Gasteiger partial charge in [0.05, 0.1) is 0 Å². The Morgan fingerprint density at radius 2 is 1.85 bits per heavy atom. The van der Waals surface area contributed by atoms with Crippen LogP contribution in [-0.2, 0) is 4.79 Å². The molecule has 0 saturated heterocycles. The molecular weight excluding hydrogens is 250 g/mol. The molecule has 1 amide bonds. The minimum absolute atomic E-state index is 0.0459. The van der Waals surface area contributed by atoms with Crippen molar-refractivity contribution in [2.45, 2.75) is 46.5 Å². The third-order valence-corrected chi connectivity index (χ3v) is 3.64. The van der Waals surface area contributed by atoms with Gasteiger partial charge < -0.3 is 10.1 Å². The van der Waals surface area contributed by atoms with E-state index in [1.54, 1.807) is 0 Å². The van der Waals surface area contributed by atoms with E-state index >= 15 is 0 Å². The predicted octanol–water partition coefficient (Wildman–Crippen LogP) is 3.74. The number of rotatable bonds is 8. The second-order valence-corrected chi connectivity index (χ2v) is 5.47. The molecule has 0 spiro atoms. The summed E-state index contributed by atoms with van der Waals surface area (Å²) in [5, 5.41) is 2.94. The minimum atomic E-state index is -0.0459. The van der Waals surface area contributed by atoms with Crippen molar-refractivity contribution in [3.63, 3.8) is 0 Å². The number of carbonyl (C=O) groups is 1. The molecule has 1 aromatic carbocycles. The number of amides is 1. The molecule has 0 saturated carbocycles. The maximum absolute atomic E-state index is 11.8. The van der Waals surface area contributed by atoms with Crippen molar-refractivity contribution in [2.75, 3.05) is 13.2 Å². The lowest BCUT2D eigenvalue weighted by atomic mass is 10.0. The summed E-state index contributed by atoms with van der Waals surface area (Å²) in [4.78, 5) is 11.8. The van der Waals surface area contributed by atoms with Crippen LogP contribution >= 0.6 is 0 Å². The normalized spacial score (nSPS) is 10.9. The third-order valence-electron chi connectivity index (χ3n) is 3.64. The standard InChI is InChI=1S/C17H27NO2/c1-5-14(6-2)11-18-17(19)12-20-16-10-8-7-9-15(16)13(3)4/h7-10,13-14H,5-6,11-12H2,1-4H3,(H,18,19). The van der Waals surface area contributed by atoms with Crippen molar-refractivity contribution < 1.29 is 9.53 Å². The molecule has 0 aromatic heterocycles. The first kappa shape index (κ1) is 16.5. The van der Waals surface area contributed by atoms with Gasteiger partial charge in [0.1, 0.15) is 5.75 Å². The Morgan fingerprint density at radius 1 is 1.20 bits per heavy atom. The van der Waals surface area contributed by atoms with Crippen LogP contribution < -0.4 is 10.1 Å². The lowest BCUT2D eigenvalue weighted by Crippen LogP contribution is -2.33. The molecule has 0 aliphatic carbocycles. The van der Waals surface area contributed by atoms with E-state index in [-0.39, 0.29) is 12.5 Å². The van der Waals surface area contributed by atoms with E-state index in [1.165, 1.54) is 0 Å². The van der Waals surface area contributed by atoms with Gasteiger partial charge in [0.2, 0.25) is 0 Å². The van der Waals surface area contributed by atoms with Gasteiger partial charge in [0.25, 0.3) is 5.91 Å². The van der Waals surface area contributed by atoms with Gasteiger partial charge in [-0.2, -0.15) is 0 Å². The van der Waals surface area contributed by atoms with E-state index in [4.69, 9.17) is 4.74 Å². The van der Waals surface area contributed by atoms with Crippen molar-refractivity contribution in [3.8, 4) is 5.75 Å². The summed E-state index contributed by atoms with van der Waals surface area (Å²) in [6.45, 7) is 9.36. The van der Waals surface area contributed by atoms with Crippen LogP contribution in [-0.4, -0.2) is 19.1 Å². The molecule has 112 valence electrons. The fraction of sp³-hybridized carbons (Fsp3) is 0.588. The van der Waals surface area contributed by atoms with Crippen molar-refractivity contribution in [1.82, 2.24) is 5.32 Å². The molecule has 0 fully saturated rings. The van der Waals surface area contributed by atoms with E-state index in [1.807, 2.05) is 24.3 Å². The Labute approximate surface area is 122 Å². The quantitative estimate of drug-likeness (QED) is 0.786. The molecule has 1 N–H and O–H groups in total. The Bertz CT molecular complexity index is 411. The fourth-order valence-corrected chi connectivity index (χ4v) is 2.12. The molecule has 1 aromatic rings. The number of ether oxygens (including phenoxy) is 1. The molecule has 1 rings (SSSR count). The Balaban J connectivity index is 2.45. The first-order valence-electron chi connectivity index (χ1n) is 7.56. The summed E-state index contributed by atoms with van der Waals surface area (Å²) in [6.07, 6.45) is 2.18. The summed E-state index contributed by atoms with van der Waals surface area (Å²) in [6, 6.07) is 7.89. The number of hydrogen-bond donors (Lipinski definition) is 1. The summed E-state index contributed by atoms with van der Waals surface area (Å²) in [5.41, 5.74) is 1.14. The molecular formula is C17H27NO2. The van der Waals surface area contributed by atoms with E-state index in [9.17, 15) is 4.79 Å². The first-order valence-corrected chi connectivity index (χ1v) is 7.56. The number of hydrogen-bond acceptors (Lipinski definition) is 2. The van der Waals surface area contributed by atoms with E-state index in [0.717, 1.165) is 30.7 Å². The van der Waals surface area contributed by atoms with Crippen LogP contribution in [0.15, 0.2) is 24.3 Å². The van der Waals surface area contributed by atoms with Crippen LogP contribution in [0.2, 0.25) is 0 Å². The highest BCUT2D eigenvalue weighted by atomic mass is 16.5. The monoisotopic (exact) mass is 277 g/mol. The van der Waals surface area contributed by atoms with Gasteiger partial charge in [0.15, 0.2) is 6.61 Å². The molecule has 0 unspecified atom stereocenters. The highest BCUT2D eigenvalue weighted by Crippen LogP contribution is 2.25. The molecule has 3 heteroatoms.